The van der Waals surface area contributed by atoms with E-state index in [1.54, 1.807) is 0 Å². The number of hydrogen-bond donors (Lipinski definition) is 0. The van der Waals surface area contributed by atoms with Crippen LogP contribution >= 0.6 is 0 Å². The van der Waals surface area contributed by atoms with Gasteiger partial charge in [-0.2, -0.15) is 5.11 Å². The van der Waals surface area contributed by atoms with Crippen molar-refractivity contribution < 1.29 is 0 Å². The number of nitrogens with zero attached hydrogens (tertiary/aromatic N) is 4. The van der Waals surface area contributed by atoms with Crippen LogP contribution in [0.5, 0.6) is 0 Å². The van der Waals surface area contributed by atoms with Crippen LogP contribution < -0.4 is 0 Å². The molecule has 1 saturated heterocycles. The monoisotopic (exact) mass is 152 g/mol. The molecular weight excluding hydrogens is 140 g/mol. The summed E-state index contributed by atoms with van der Waals surface area (Å²) in [4.78, 5) is 2.27. The fraction of sp³-hybridized carbons (Fsp3) is 0.857. The van der Waals surface area contributed by atoms with Crippen LogP contribution in [0.25, 0.3) is 0 Å². The second-order valence-electron chi connectivity index (χ2n) is 3.19. The Kier molecular flexibility index (Phi) is 1.69. The fourth-order valence-corrected chi connectivity index (χ4v) is 1.55. The molecule has 0 bridgehead atoms. The Labute approximate surface area is 66.0 Å². The Hall–Kier alpha value is -0.770. The van der Waals surface area contributed by atoms with Crippen LogP contribution in [0, 0.1) is 0 Å². The summed E-state index contributed by atoms with van der Waals surface area (Å²) in [6.45, 7) is 2.10. The largest absolute Gasteiger partial charge is 0.301 e. The molecule has 0 aromatic heterocycles. The maximum Gasteiger partial charge on any atom is 0.114 e. The van der Waals surface area contributed by atoms with Crippen LogP contribution in [-0.2, 0) is 0 Å². The van der Waals surface area contributed by atoms with E-state index in [0.717, 1.165) is 25.2 Å². The first kappa shape index (κ1) is 6.91. The van der Waals surface area contributed by atoms with Crippen molar-refractivity contribution >= 4 is 5.71 Å². The summed E-state index contributed by atoms with van der Waals surface area (Å²) in [5, 5.41) is 11.7. The van der Waals surface area contributed by atoms with Gasteiger partial charge in [0.2, 0.25) is 0 Å². The number of fused-ring (bicyclic) bond motifs is 1. The van der Waals surface area contributed by atoms with E-state index in [1.165, 1.54) is 6.42 Å². The predicted molar refractivity (Wildman–Crippen MR) is 42.8 cm³/mol. The molecule has 2 aliphatic rings. The first-order chi connectivity index (χ1) is 5.36. The van der Waals surface area contributed by atoms with Crippen molar-refractivity contribution in [1.29, 1.82) is 0 Å². The highest BCUT2D eigenvalue weighted by atomic mass is 15.4. The molecule has 4 heteroatoms. The summed E-state index contributed by atoms with van der Waals surface area (Å²) >= 11 is 0. The Bertz CT molecular complexity index is 208. The number of likely N-dealkylation sites (tertiary alicyclic amines) is 1. The van der Waals surface area contributed by atoms with Crippen LogP contribution in [0.3, 0.4) is 0 Å². The minimum Gasteiger partial charge on any atom is -0.301 e. The van der Waals surface area contributed by atoms with Gasteiger partial charge in [-0.05, 0) is 31.7 Å². The summed E-state index contributed by atoms with van der Waals surface area (Å²) in [5.74, 6) is 0. The van der Waals surface area contributed by atoms with Gasteiger partial charge in [-0.15, -0.1) is 5.10 Å². The Morgan fingerprint density at radius 1 is 1.55 bits per heavy atom. The highest BCUT2D eigenvalue weighted by molar-refractivity contribution is 5.92. The molecule has 11 heavy (non-hydrogen) atoms. The van der Waals surface area contributed by atoms with Gasteiger partial charge in [0.05, 0.1) is 5.71 Å². The topological polar surface area (TPSA) is 40.3 Å². The van der Waals surface area contributed by atoms with Crippen LogP contribution in [0.15, 0.2) is 15.4 Å². The van der Waals surface area contributed by atoms with Crippen molar-refractivity contribution in [3.63, 3.8) is 0 Å². The zero-order valence-corrected chi connectivity index (χ0v) is 6.69. The summed E-state index contributed by atoms with van der Waals surface area (Å²) in [7, 11) is 2.11. The molecule has 2 aliphatic heterocycles. The highest BCUT2D eigenvalue weighted by Gasteiger charge is 2.23. The van der Waals surface area contributed by atoms with Gasteiger partial charge in [0.25, 0.3) is 0 Å². The van der Waals surface area contributed by atoms with Gasteiger partial charge in [-0.1, -0.05) is 0 Å². The van der Waals surface area contributed by atoms with Gasteiger partial charge >= 0.3 is 0 Å². The maximum absolute atomic E-state index is 4.05. The van der Waals surface area contributed by atoms with E-state index in [4.69, 9.17) is 0 Å². The van der Waals surface area contributed by atoms with Gasteiger partial charge in [-0.3, -0.25) is 0 Å². The molecule has 0 radical (unpaired) electrons. The van der Waals surface area contributed by atoms with Crippen LogP contribution in [0.2, 0.25) is 0 Å². The number of rotatable bonds is 0. The molecule has 2 rings (SSSR count). The molecule has 0 N–H and O–H groups in total. The highest BCUT2D eigenvalue weighted by Crippen LogP contribution is 2.15. The van der Waals surface area contributed by atoms with Crippen molar-refractivity contribution in [2.24, 2.45) is 15.4 Å². The third-order valence-electron chi connectivity index (χ3n) is 2.20. The molecule has 0 aliphatic carbocycles. The molecule has 1 atom stereocenters. The third kappa shape index (κ3) is 1.30. The van der Waals surface area contributed by atoms with E-state index >= 15 is 0 Å². The maximum atomic E-state index is 4.05. The summed E-state index contributed by atoms with van der Waals surface area (Å²) in [6, 6.07) is 0.306. The smallest absolute Gasteiger partial charge is 0.114 e. The van der Waals surface area contributed by atoms with Crippen molar-refractivity contribution in [3.05, 3.63) is 0 Å². The normalized spacial score (nSPS) is 31.4. The minimum absolute atomic E-state index is 0.306. The van der Waals surface area contributed by atoms with E-state index in [-0.39, 0.29) is 0 Å². The summed E-state index contributed by atoms with van der Waals surface area (Å²) < 4.78 is 0. The molecule has 1 unspecified atom stereocenters. The van der Waals surface area contributed by atoms with Gasteiger partial charge in [-0.25, -0.2) is 0 Å². The van der Waals surface area contributed by atoms with Gasteiger partial charge in [0.15, 0.2) is 0 Å². The standard InChI is InChI=1S/C7H12N4/c1-11-4-2-3-6-7(5-11)9-10-8-6/h6H,2-5H2,1H3. The second kappa shape index (κ2) is 2.70. The zero-order valence-electron chi connectivity index (χ0n) is 6.69. The lowest BCUT2D eigenvalue weighted by Gasteiger charge is -2.11. The van der Waals surface area contributed by atoms with Gasteiger partial charge < -0.3 is 4.90 Å². The Morgan fingerprint density at radius 3 is 3.36 bits per heavy atom. The van der Waals surface area contributed by atoms with Crippen molar-refractivity contribution in [3.8, 4) is 0 Å². The lowest BCUT2D eigenvalue weighted by Crippen LogP contribution is -2.27. The molecule has 0 spiro atoms. The second-order valence-corrected chi connectivity index (χ2v) is 3.19. The van der Waals surface area contributed by atoms with Crippen LogP contribution in [-0.4, -0.2) is 36.8 Å². The third-order valence-corrected chi connectivity index (χ3v) is 2.20. The zero-order chi connectivity index (χ0) is 7.68. The lowest BCUT2D eigenvalue weighted by molar-refractivity contribution is 0.381. The molecule has 4 nitrogen and oxygen atoms in total. The Balaban J connectivity index is 2.11. The summed E-state index contributed by atoms with van der Waals surface area (Å²) in [5.41, 5.74) is 1.14. The molecule has 0 saturated carbocycles. The minimum atomic E-state index is 0.306. The Morgan fingerprint density at radius 2 is 2.45 bits per heavy atom. The van der Waals surface area contributed by atoms with Crippen molar-refractivity contribution in [2.75, 3.05) is 20.1 Å². The average Bonchev–Trinajstić information content (AvgIpc) is 2.31. The van der Waals surface area contributed by atoms with Crippen LogP contribution in [0.1, 0.15) is 12.8 Å². The molecule has 1 fully saturated rings. The first-order valence-electron chi connectivity index (χ1n) is 4.01. The summed E-state index contributed by atoms with van der Waals surface area (Å²) in [6.07, 6.45) is 2.33. The van der Waals surface area contributed by atoms with E-state index in [2.05, 4.69) is 27.4 Å². The molecule has 2 heterocycles. The van der Waals surface area contributed by atoms with E-state index < -0.39 is 0 Å². The van der Waals surface area contributed by atoms with Crippen LogP contribution in [0.4, 0.5) is 0 Å². The molecule has 60 valence electrons. The van der Waals surface area contributed by atoms with Gasteiger partial charge in [0, 0.05) is 6.54 Å². The van der Waals surface area contributed by atoms with E-state index in [0.29, 0.717) is 6.04 Å². The average molecular weight is 152 g/mol. The molecular formula is C7H12N4. The van der Waals surface area contributed by atoms with Crippen molar-refractivity contribution in [2.45, 2.75) is 18.9 Å². The molecule has 0 amide bonds. The molecule has 0 aromatic rings. The lowest BCUT2D eigenvalue weighted by atomic mass is 10.1. The number of hydrogen-bond acceptors (Lipinski definition) is 4. The first-order valence-corrected chi connectivity index (χ1v) is 4.01. The predicted octanol–water partition coefficient (Wildman–Crippen LogP) is 0.902. The van der Waals surface area contributed by atoms with E-state index in [1.807, 2.05) is 0 Å². The fourth-order valence-electron chi connectivity index (χ4n) is 1.55. The van der Waals surface area contributed by atoms with Gasteiger partial charge in [0.1, 0.15) is 6.04 Å². The van der Waals surface area contributed by atoms with E-state index in [9.17, 15) is 0 Å². The van der Waals surface area contributed by atoms with Crippen molar-refractivity contribution in [1.82, 2.24) is 4.90 Å². The molecule has 0 aromatic carbocycles. The SMILES string of the molecule is CN1CCCC2N=NN=C2C1. The quantitative estimate of drug-likeness (QED) is 0.508.